The van der Waals surface area contributed by atoms with E-state index >= 15 is 0 Å². The molecule has 6 nitrogen and oxygen atoms in total. The summed E-state index contributed by atoms with van der Waals surface area (Å²) < 4.78 is 13.5. The molecule has 1 atom stereocenters. The number of oxazole rings is 1. The molecule has 0 saturated heterocycles. The van der Waals surface area contributed by atoms with Gasteiger partial charge in [-0.3, -0.25) is 0 Å². The maximum atomic E-state index is 11.4. The van der Waals surface area contributed by atoms with E-state index in [9.17, 15) is 9.90 Å². The number of ether oxygens (including phenoxy) is 1. The van der Waals surface area contributed by atoms with Crippen molar-refractivity contribution in [2.75, 3.05) is 6.61 Å². The van der Waals surface area contributed by atoms with Crippen molar-refractivity contribution in [1.29, 1.82) is 0 Å². The fourth-order valence-electron chi connectivity index (χ4n) is 4.12. The van der Waals surface area contributed by atoms with E-state index in [4.69, 9.17) is 14.1 Å². The van der Waals surface area contributed by atoms with E-state index in [-0.39, 0.29) is 5.41 Å². The number of hydrogen-bond acceptors (Lipinski definition) is 4. The zero-order valence-corrected chi connectivity index (χ0v) is 20.5. The summed E-state index contributed by atoms with van der Waals surface area (Å²) in [5.41, 5.74) is 5.22. The number of aryl methyl sites for hydroxylation is 1. The Bertz CT molecular complexity index is 1290. The predicted octanol–water partition coefficient (Wildman–Crippen LogP) is 5.98. The van der Waals surface area contributed by atoms with Gasteiger partial charge in [0, 0.05) is 30.3 Å². The van der Waals surface area contributed by atoms with Gasteiger partial charge in [0.05, 0.1) is 6.54 Å². The molecule has 0 aliphatic carbocycles. The SMILES string of the molecule is CCOC(Cc1ccc2c(ccn2Cc2nc(-c3ccc(C(C)(C)C)cc3)oc2C)c1)C(=O)O. The maximum Gasteiger partial charge on any atom is 0.333 e. The van der Waals surface area contributed by atoms with Crippen molar-refractivity contribution in [3.05, 3.63) is 77.3 Å². The average molecular weight is 461 g/mol. The van der Waals surface area contributed by atoms with Crippen LogP contribution in [-0.4, -0.2) is 33.3 Å². The number of benzene rings is 2. The minimum atomic E-state index is -0.940. The molecule has 0 amide bonds. The molecular weight excluding hydrogens is 428 g/mol. The Balaban J connectivity index is 1.54. The molecule has 0 bridgehead atoms. The van der Waals surface area contributed by atoms with Crippen LogP contribution in [-0.2, 0) is 27.9 Å². The molecule has 1 unspecified atom stereocenters. The van der Waals surface area contributed by atoms with Gasteiger partial charge in [-0.15, -0.1) is 0 Å². The largest absolute Gasteiger partial charge is 0.479 e. The van der Waals surface area contributed by atoms with Crippen LogP contribution in [0.2, 0.25) is 0 Å². The summed E-state index contributed by atoms with van der Waals surface area (Å²) in [5, 5.41) is 10.4. The van der Waals surface area contributed by atoms with Crippen molar-refractivity contribution in [2.45, 2.75) is 59.1 Å². The number of carboxylic acid groups (broad SMARTS) is 1. The monoisotopic (exact) mass is 460 g/mol. The first-order chi connectivity index (χ1) is 16.2. The molecule has 2 aromatic carbocycles. The van der Waals surface area contributed by atoms with Gasteiger partial charge < -0.3 is 18.8 Å². The molecule has 34 heavy (non-hydrogen) atoms. The normalized spacial score (nSPS) is 12.9. The number of hydrogen-bond donors (Lipinski definition) is 1. The van der Waals surface area contributed by atoms with Gasteiger partial charge in [0.25, 0.3) is 0 Å². The van der Waals surface area contributed by atoms with Crippen LogP contribution in [0.5, 0.6) is 0 Å². The Morgan fingerprint density at radius 1 is 1.15 bits per heavy atom. The Labute approximate surface area is 200 Å². The minimum absolute atomic E-state index is 0.100. The van der Waals surface area contributed by atoms with Gasteiger partial charge >= 0.3 is 5.97 Å². The first-order valence-electron chi connectivity index (χ1n) is 11.6. The Morgan fingerprint density at radius 3 is 2.53 bits per heavy atom. The number of nitrogens with zero attached hydrogens (tertiary/aromatic N) is 2. The highest BCUT2D eigenvalue weighted by atomic mass is 16.5. The van der Waals surface area contributed by atoms with Gasteiger partial charge in [-0.05, 0) is 66.1 Å². The Hall–Kier alpha value is -3.38. The van der Waals surface area contributed by atoms with Crippen molar-refractivity contribution >= 4 is 16.9 Å². The topological polar surface area (TPSA) is 77.5 Å². The lowest BCUT2D eigenvalue weighted by Gasteiger charge is -2.18. The molecule has 4 rings (SSSR count). The lowest BCUT2D eigenvalue weighted by Crippen LogP contribution is -2.26. The lowest BCUT2D eigenvalue weighted by molar-refractivity contribution is -0.149. The highest BCUT2D eigenvalue weighted by Crippen LogP contribution is 2.28. The van der Waals surface area contributed by atoms with Crippen molar-refractivity contribution in [3.63, 3.8) is 0 Å². The molecule has 1 N–H and O–H groups in total. The number of carbonyl (C=O) groups is 1. The van der Waals surface area contributed by atoms with E-state index in [1.807, 2.05) is 37.4 Å². The third kappa shape index (κ3) is 5.07. The third-order valence-electron chi connectivity index (χ3n) is 6.11. The number of carboxylic acids is 1. The van der Waals surface area contributed by atoms with Crippen molar-refractivity contribution in [3.8, 4) is 11.5 Å². The molecule has 0 aliphatic heterocycles. The van der Waals surface area contributed by atoms with E-state index in [1.54, 1.807) is 6.92 Å². The standard InChI is InChI=1S/C28H32N2O4/c1-6-33-25(27(31)32)16-19-7-12-24-21(15-19)13-14-30(24)17-23-18(2)34-26(29-23)20-8-10-22(11-9-20)28(3,4)5/h7-15,25H,6,16-17H2,1-5H3,(H,31,32). The Kier molecular flexibility index (Phi) is 6.62. The van der Waals surface area contributed by atoms with Gasteiger partial charge in [0.1, 0.15) is 11.5 Å². The maximum absolute atomic E-state index is 11.4. The van der Waals surface area contributed by atoms with Gasteiger partial charge in [-0.25, -0.2) is 9.78 Å². The van der Waals surface area contributed by atoms with Crippen LogP contribution >= 0.6 is 0 Å². The molecule has 0 spiro atoms. The summed E-state index contributed by atoms with van der Waals surface area (Å²) >= 11 is 0. The fourth-order valence-corrected chi connectivity index (χ4v) is 4.12. The predicted molar refractivity (Wildman–Crippen MR) is 133 cm³/mol. The summed E-state index contributed by atoms with van der Waals surface area (Å²) in [6.07, 6.45) is 1.53. The van der Waals surface area contributed by atoms with Gasteiger partial charge in [-0.1, -0.05) is 39.0 Å². The average Bonchev–Trinajstić information content (AvgIpc) is 3.36. The molecule has 0 aliphatic rings. The molecule has 2 aromatic heterocycles. The van der Waals surface area contributed by atoms with Crippen LogP contribution in [0.15, 0.2) is 59.1 Å². The zero-order chi connectivity index (χ0) is 24.5. The molecule has 6 heteroatoms. The quantitative estimate of drug-likeness (QED) is 0.350. The first kappa shape index (κ1) is 23.8. The molecule has 4 aromatic rings. The summed E-state index contributed by atoms with van der Waals surface area (Å²) in [6.45, 7) is 11.3. The summed E-state index contributed by atoms with van der Waals surface area (Å²) in [6, 6.07) is 16.4. The van der Waals surface area contributed by atoms with E-state index in [0.29, 0.717) is 25.5 Å². The molecule has 178 valence electrons. The minimum Gasteiger partial charge on any atom is -0.479 e. The molecule has 0 radical (unpaired) electrons. The zero-order valence-electron chi connectivity index (χ0n) is 20.5. The number of aromatic nitrogens is 2. The van der Waals surface area contributed by atoms with Crippen molar-refractivity contribution in [2.24, 2.45) is 0 Å². The van der Waals surface area contributed by atoms with E-state index in [1.165, 1.54) is 5.56 Å². The Morgan fingerprint density at radius 2 is 1.88 bits per heavy atom. The highest BCUT2D eigenvalue weighted by Gasteiger charge is 2.19. The van der Waals surface area contributed by atoms with E-state index in [0.717, 1.165) is 33.5 Å². The van der Waals surface area contributed by atoms with E-state index in [2.05, 4.69) is 49.6 Å². The van der Waals surface area contributed by atoms with Crippen LogP contribution in [0.3, 0.4) is 0 Å². The molecule has 0 saturated carbocycles. The summed E-state index contributed by atoms with van der Waals surface area (Å²) in [7, 11) is 0. The first-order valence-corrected chi connectivity index (χ1v) is 11.6. The van der Waals surface area contributed by atoms with Crippen LogP contribution in [0, 0.1) is 6.92 Å². The number of fused-ring (bicyclic) bond motifs is 1. The van der Waals surface area contributed by atoms with Crippen LogP contribution in [0.1, 0.15) is 50.3 Å². The second kappa shape index (κ2) is 9.47. The highest BCUT2D eigenvalue weighted by molar-refractivity contribution is 5.81. The lowest BCUT2D eigenvalue weighted by atomic mass is 9.87. The fraction of sp³-hybridized carbons (Fsp3) is 0.357. The third-order valence-corrected chi connectivity index (χ3v) is 6.11. The smallest absolute Gasteiger partial charge is 0.333 e. The van der Waals surface area contributed by atoms with Crippen molar-refractivity contribution < 1.29 is 19.1 Å². The van der Waals surface area contributed by atoms with Crippen LogP contribution in [0.25, 0.3) is 22.4 Å². The van der Waals surface area contributed by atoms with Gasteiger partial charge in [-0.2, -0.15) is 0 Å². The molecule has 0 fully saturated rings. The van der Waals surface area contributed by atoms with Crippen LogP contribution < -0.4 is 0 Å². The number of rotatable bonds is 8. The summed E-state index contributed by atoms with van der Waals surface area (Å²) in [5.74, 6) is 0.488. The van der Waals surface area contributed by atoms with E-state index < -0.39 is 12.1 Å². The molecule has 2 heterocycles. The summed E-state index contributed by atoms with van der Waals surface area (Å²) in [4.78, 5) is 16.2. The molecular formula is C28H32N2O4. The second-order valence-electron chi connectivity index (χ2n) is 9.67. The van der Waals surface area contributed by atoms with Gasteiger partial charge in [0.15, 0.2) is 6.10 Å². The van der Waals surface area contributed by atoms with Crippen molar-refractivity contribution in [1.82, 2.24) is 9.55 Å². The second-order valence-corrected chi connectivity index (χ2v) is 9.67. The van der Waals surface area contributed by atoms with Crippen LogP contribution in [0.4, 0.5) is 0 Å². The number of aliphatic carboxylic acids is 1. The van der Waals surface area contributed by atoms with Gasteiger partial charge in [0.2, 0.25) is 5.89 Å².